The highest BCUT2D eigenvalue weighted by molar-refractivity contribution is 5.93. The Morgan fingerprint density at radius 1 is 1.37 bits per heavy atom. The lowest BCUT2D eigenvalue weighted by atomic mass is 10.3. The molecule has 0 rings (SSSR count). The topological polar surface area (TPSA) is 130 Å². The molecular formula is C11H13NO7. The fraction of sp³-hybridized carbons (Fsp3) is 0.273. The first-order valence-corrected chi connectivity index (χ1v) is 4.82. The van der Waals surface area contributed by atoms with Crippen LogP contribution in [0.15, 0.2) is 29.3 Å². The van der Waals surface area contributed by atoms with Gasteiger partial charge in [0.05, 0.1) is 6.54 Å². The van der Waals surface area contributed by atoms with Crippen LogP contribution < -0.4 is 0 Å². The molecule has 0 saturated heterocycles. The van der Waals surface area contributed by atoms with E-state index in [1.807, 2.05) is 0 Å². The summed E-state index contributed by atoms with van der Waals surface area (Å²) in [7, 11) is 0. The van der Waals surface area contributed by atoms with E-state index in [0.29, 0.717) is 6.08 Å². The number of ether oxygens (including phenoxy) is 1. The van der Waals surface area contributed by atoms with Crippen molar-refractivity contribution in [2.45, 2.75) is 6.92 Å². The van der Waals surface area contributed by atoms with E-state index in [9.17, 15) is 19.2 Å². The molecule has 0 amide bonds. The Hall–Kier alpha value is -2.73. The van der Waals surface area contributed by atoms with Gasteiger partial charge in [-0.15, -0.1) is 0 Å². The molecule has 0 heterocycles. The van der Waals surface area contributed by atoms with E-state index in [-0.39, 0.29) is 18.7 Å². The number of hydrogen-bond acceptors (Lipinski definition) is 6. The number of carboxylic acid groups (broad SMARTS) is 2. The zero-order valence-electron chi connectivity index (χ0n) is 10.2. The maximum atomic E-state index is 10.3. The molecule has 0 saturated carbocycles. The van der Waals surface area contributed by atoms with Crippen molar-refractivity contribution in [3.8, 4) is 0 Å². The Morgan fingerprint density at radius 2 is 1.95 bits per heavy atom. The lowest BCUT2D eigenvalue weighted by Gasteiger charge is -1.94. The van der Waals surface area contributed by atoms with Crippen LogP contribution in [0.4, 0.5) is 0 Å². The van der Waals surface area contributed by atoms with Crippen LogP contribution in [-0.4, -0.2) is 47.4 Å². The van der Waals surface area contributed by atoms with E-state index in [0.717, 1.165) is 6.08 Å². The predicted octanol–water partition coefficient (Wildman–Crippen LogP) is 0.153. The number of rotatable bonds is 6. The van der Waals surface area contributed by atoms with Crippen LogP contribution >= 0.6 is 0 Å². The van der Waals surface area contributed by atoms with Gasteiger partial charge in [-0.1, -0.05) is 6.58 Å². The van der Waals surface area contributed by atoms with Crippen molar-refractivity contribution in [3.63, 3.8) is 0 Å². The molecule has 8 heteroatoms. The maximum absolute atomic E-state index is 10.3. The minimum absolute atomic E-state index is 0.0973. The second-order valence-electron chi connectivity index (χ2n) is 2.82. The molecular weight excluding hydrogens is 258 g/mol. The van der Waals surface area contributed by atoms with Gasteiger partial charge in [0.1, 0.15) is 6.61 Å². The zero-order chi connectivity index (χ0) is 15.3. The number of isocyanates is 1. The van der Waals surface area contributed by atoms with Crippen molar-refractivity contribution in [3.05, 3.63) is 24.3 Å². The van der Waals surface area contributed by atoms with Crippen LogP contribution in [-0.2, 0) is 23.9 Å². The molecule has 0 fully saturated rings. The van der Waals surface area contributed by atoms with Gasteiger partial charge >= 0.3 is 17.9 Å². The molecule has 0 aliphatic rings. The third-order valence-corrected chi connectivity index (χ3v) is 1.36. The van der Waals surface area contributed by atoms with E-state index in [4.69, 9.17) is 10.2 Å². The van der Waals surface area contributed by atoms with Gasteiger partial charge < -0.3 is 14.9 Å². The van der Waals surface area contributed by atoms with Crippen molar-refractivity contribution in [1.82, 2.24) is 0 Å². The number of nitrogens with zero attached hydrogens (tertiary/aromatic N) is 1. The molecule has 2 N–H and O–H groups in total. The van der Waals surface area contributed by atoms with Crippen molar-refractivity contribution in [2.24, 2.45) is 4.99 Å². The van der Waals surface area contributed by atoms with Gasteiger partial charge in [-0.2, -0.15) is 0 Å². The average molecular weight is 271 g/mol. The highest BCUT2D eigenvalue weighted by atomic mass is 16.5. The largest absolute Gasteiger partial charge is 0.478 e. The lowest BCUT2D eigenvalue weighted by Crippen LogP contribution is -2.03. The van der Waals surface area contributed by atoms with Gasteiger partial charge in [0, 0.05) is 17.7 Å². The predicted molar refractivity (Wildman–Crippen MR) is 63.2 cm³/mol. The van der Waals surface area contributed by atoms with E-state index in [2.05, 4.69) is 16.3 Å². The zero-order valence-corrected chi connectivity index (χ0v) is 10.2. The number of aliphatic carboxylic acids is 2. The quantitative estimate of drug-likeness (QED) is 0.231. The molecule has 0 aliphatic carbocycles. The summed E-state index contributed by atoms with van der Waals surface area (Å²) in [5.41, 5.74) is -0.178. The molecule has 0 aromatic heterocycles. The molecule has 0 bridgehead atoms. The van der Waals surface area contributed by atoms with Gasteiger partial charge in [0.15, 0.2) is 0 Å². The van der Waals surface area contributed by atoms with Gasteiger partial charge in [-0.25, -0.2) is 24.2 Å². The molecule has 0 aromatic rings. The molecule has 0 spiro atoms. The maximum Gasteiger partial charge on any atom is 0.331 e. The van der Waals surface area contributed by atoms with Crippen molar-refractivity contribution < 1.29 is 34.1 Å². The fourth-order valence-corrected chi connectivity index (χ4v) is 0.543. The van der Waals surface area contributed by atoms with Crippen LogP contribution in [0, 0.1) is 0 Å². The van der Waals surface area contributed by atoms with Crippen LogP contribution in [0.2, 0.25) is 0 Å². The summed E-state index contributed by atoms with van der Waals surface area (Å²) >= 11 is 0. The van der Waals surface area contributed by atoms with Crippen LogP contribution in [0.1, 0.15) is 6.92 Å². The molecule has 19 heavy (non-hydrogen) atoms. The molecule has 0 unspecified atom stereocenters. The summed E-state index contributed by atoms with van der Waals surface area (Å²) in [6, 6.07) is 0. The molecule has 0 aliphatic heterocycles. The number of hydrogen-bond donors (Lipinski definition) is 2. The monoisotopic (exact) mass is 271 g/mol. The van der Waals surface area contributed by atoms with Crippen LogP contribution in [0.3, 0.4) is 0 Å². The van der Waals surface area contributed by atoms with E-state index in [1.54, 1.807) is 0 Å². The average Bonchev–Trinajstić information content (AvgIpc) is 2.34. The van der Waals surface area contributed by atoms with Crippen LogP contribution in [0.5, 0.6) is 0 Å². The number of aliphatic imine (C=N–C) groups is 1. The smallest absolute Gasteiger partial charge is 0.331 e. The first-order chi connectivity index (χ1) is 8.84. The van der Waals surface area contributed by atoms with E-state index in [1.165, 1.54) is 13.0 Å². The summed E-state index contributed by atoms with van der Waals surface area (Å²) in [4.78, 5) is 42.6. The fourth-order valence-electron chi connectivity index (χ4n) is 0.543. The molecule has 0 aromatic carbocycles. The second kappa shape index (κ2) is 11.7. The molecule has 8 nitrogen and oxygen atoms in total. The number of carbonyl (C=O) groups excluding carboxylic acids is 2. The highest BCUT2D eigenvalue weighted by Crippen LogP contribution is 1.89. The van der Waals surface area contributed by atoms with Crippen molar-refractivity contribution in [2.75, 3.05) is 13.2 Å². The Bertz CT molecular complexity index is 419. The number of carboxylic acids is 2. The SMILES string of the molecule is C/C(=C/C(=O)O)C(=O)O.C=CC(=O)OCCN=C=O. The Labute approximate surface area is 108 Å². The van der Waals surface area contributed by atoms with Gasteiger partial charge in [-0.3, -0.25) is 0 Å². The summed E-state index contributed by atoms with van der Waals surface area (Å²) in [5.74, 6) is -2.96. The molecule has 104 valence electrons. The first-order valence-electron chi connectivity index (χ1n) is 4.82. The molecule has 0 radical (unpaired) electrons. The molecule has 0 atom stereocenters. The van der Waals surface area contributed by atoms with Crippen molar-refractivity contribution in [1.29, 1.82) is 0 Å². The van der Waals surface area contributed by atoms with Gasteiger partial charge in [0.25, 0.3) is 0 Å². The number of carbonyl (C=O) groups is 3. The Balaban J connectivity index is 0. The minimum atomic E-state index is -1.24. The Morgan fingerprint density at radius 3 is 2.26 bits per heavy atom. The van der Waals surface area contributed by atoms with E-state index < -0.39 is 17.9 Å². The van der Waals surface area contributed by atoms with Gasteiger partial charge in [0.2, 0.25) is 6.08 Å². The summed E-state index contributed by atoms with van der Waals surface area (Å²) in [6.07, 6.45) is 3.00. The first kappa shape index (κ1) is 18.6. The Kier molecular flexibility index (Phi) is 11.5. The summed E-state index contributed by atoms with van der Waals surface area (Å²) in [6.45, 7) is 4.65. The summed E-state index contributed by atoms with van der Waals surface area (Å²) < 4.78 is 4.46. The van der Waals surface area contributed by atoms with Crippen LogP contribution in [0.25, 0.3) is 0 Å². The minimum Gasteiger partial charge on any atom is -0.478 e. The standard InChI is InChI=1S/C6H7NO3.C5H6O4/c1-2-6(9)10-4-3-7-5-8;1-3(5(8)9)2-4(6)7/h2H,1,3-4H2;2H,1H3,(H,6,7)(H,8,9)/b;3-2-. The number of esters is 1. The highest BCUT2D eigenvalue weighted by Gasteiger charge is 2.00. The normalized spacial score (nSPS) is 9.21. The second-order valence-corrected chi connectivity index (χ2v) is 2.82. The van der Waals surface area contributed by atoms with Crippen molar-refractivity contribution >= 4 is 24.0 Å². The summed E-state index contributed by atoms with van der Waals surface area (Å²) in [5, 5.41) is 16.1. The lowest BCUT2D eigenvalue weighted by molar-refractivity contribution is -0.137. The van der Waals surface area contributed by atoms with E-state index >= 15 is 0 Å². The third-order valence-electron chi connectivity index (χ3n) is 1.36. The van der Waals surface area contributed by atoms with Gasteiger partial charge in [-0.05, 0) is 6.92 Å². The third kappa shape index (κ3) is 15.3.